The van der Waals surface area contributed by atoms with Crippen LogP contribution in [0.15, 0.2) is 53.2 Å². The average Bonchev–Trinajstić information content (AvgIpc) is 3.03. The molecule has 3 rings (SSSR count). The number of hydrogen-bond acceptors (Lipinski definition) is 6. The number of nitrogens with zero attached hydrogens (tertiary/aromatic N) is 1. The van der Waals surface area contributed by atoms with Crippen molar-refractivity contribution in [2.75, 3.05) is 21.3 Å². The lowest BCUT2D eigenvalue weighted by Crippen LogP contribution is -2.05. The molecular weight excluding hydrogens is 322 g/mol. The normalized spacial score (nSPS) is 14.9. The molecule has 0 aromatic heterocycles. The van der Waals surface area contributed by atoms with Crippen molar-refractivity contribution in [2.24, 2.45) is 4.99 Å². The van der Waals surface area contributed by atoms with E-state index in [1.807, 2.05) is 30.3 Å². The molecule has 128 valence electrons. The van der Waals surface area contributed by atoms with Crippen LogP contribution >= 0.6 is 0 Å². The number of cyclic esters (lactones) is 1. The van der Waals surface area contributed by atoms with Crippen LogP contribution in [0.4, 0.5) is 0 Å². The van der Waals surface area contributed by atoms with E-state index in [0.717, 1.165) is 5.56 Å². The molecule has 0 saturated heterocycles. The van der Waals surface area contributed by atoms with Gasteiger partial charge in [-0.25, -0.2) is 9.79 Å². The van der Waals surface area contributed by atoms with Crippen LogP contribution < -0.4 is 14.2 Å². The summed E-state index contributed by atoms with van der Waals surface area (Å²) in [5.41, 5.74) is 1.48. The Balaban J connectivity index is 2.05. The van der Waals surface area contributed by atoms with E-state index in [0.29, 0.717) is 22.8 Å². The first-order valence-electron chi connectivity index (χ1n) is 7.54. The van der Waals surface area contributed by atoms with Crippen LogP contribution in [-0.2, 0) is 9.53 Å². The Kier molecular flexibility index (Phi) is 4.70. The standard InChI is InChI=1S/C19H17NO5/c1-22-13-9-16(23-2)14(17(10-13)24-3)11-15-19(21)25-18(20-15)12-7-5-4-6-8-12/h4-11H,1-3H3/b15-11+. The van der Waals surface area contributed by atoms with Crippen LogP contribution in [-0.4, -0.2) is 33.2 Å². The number of methoxy groups -OCH3 is 3. The molecule has 6 heteroatoms. The molecule has 0 bridgehead atoms. The van der Waals surface area contributed by atoms with Crippen molar-refractivity contribution in [1.29, 1.82) is 0 Å². The first-order valence-corrected chi connectivity index (χ1v) is 7.54. The van der Waals surface area contributed by atoms with Gasteiger partial charge in [-0.3, -0.25) is 0 Å². The van der Waals surface area contributed by atoms with Crippen molar-refractivity contribution in [1.82, 2.24) is 0 Å². The number of carbonyl (C=O) groups is 1. The number of carbonyl (C=O) groups excluding carboxylic acids is 1. The van der Waals surface area contributed by atoms with Crippen LogP contribution in [0.2, 0.25) is 0 Å². The second-order valence-corrected chi connectivity index (χ2v) is 5.15. The highest BCUT2D eigenvalue weighted by atomic mass is 16.6. The zero-order valence-electron chi connectivity index (χ0n) is 14.1. The number of esters is 1. The van der Waals surface area contributed by atoms with Gasteiger partial charge >= 0.3 is 5.97 Å². The van der Waals surface area contributed by atoms with E-state index in [1.54, 1.807) is 25.3 Å². The van der Waals surface area contributed by atoms with Gasteiger partial charge in [-0.15, -0.1) is 0 Å². The lowest BCUT2D eigenvalue weighted by molar-refractivity contribution is -0.129. The maximum absolute atomic E-state index is 12.2. The first kappa shape index (κ1) is 16.6. The summed E-state index contributed by atoms with van der Waals surface area (Å²) in [5.74, 6) is 1.32. The highest BCUT2D eigenvalue weighted by Gasteiger charge is 2.25. The van der Waals surface area contributed by atoms with Gasteiger partial charge in [-0.1, -0.05) is 18.2 Å². The molecule has 0 atom stereocenters. The van der Waals surface area contributed by atoms with E-state index in [1.165, 1.54) is 14.2 Å². The summed E-state index contributed by atoms with van der Waals surface area (Å²) in [6.07, 6.45) is 1.58. The highest BCUT2D eigenvalue weighted by molar-refractivity contribution is 6.13. The smallest absolute Gasteiger partial charge is 0.363 e. The zero-order chi connectivity index (χ0) is 17.8. The molecule has 1 heterocycles. The summed E-state index contributed by atoms with van der Waals surface area (Å²) < 4.78 is 21.2. The minimum absolute atomic E-state index is 0.167. The topological polar surface area (TPSA) is 66.3 Å². The monoisotopic (exact) mass is 339 g/mol. The molecule has 1 aliphatic heterocycles. The van der Waals surface area contributed by atoms with Gasteiger partial charge in [0.05, 0.1) is 26.9 Å². The number of benzene rings is 2. The molecule has 0 unspecified atom stereocenters. The van der Waals surface area contributed by atoms with Gasteiger partial charge in [0.15, 0.2) is 5.70 Å². The van der Waals surface area contributed by atoms with E-state index in [9.17, 15) is 4.79 Å². The van der Waals surface area contributed by atoms with Gasteiger partial charge in [-0.05, 0) is 18.2 Å². The number of hydrogen-bond donors (Lipinski definition) is 0. The largest absolute Gasteiger partial charge is 0.496 e. The predicted molar refractivity (Wildman–Crippen MR) is 93.1 cm³/mol. The number of aliphatic imine (C=N–C) groups is 1. The molecule has 0 aliphatic carbocycles. The lowest BCUT2D eigenvalue weighted by Gasteiger charge is -2.12. The van der Waals surface area contributed by atoms with E-state index in [2.05, 4.69) is 4.99 Å². The molecule has 0 spiro atoms. The van der Waals surface area contributed by atoms with Crippen LogP contribution in [0.1, 0.15) is 11.1 Å². The molecule has 2 aromatic carbocycles. The van der Waals surface area contributed by atoms with E-state index in [-0.39, 0.29) is 11.6 Å². The average molecular weight is 339 g/mol. The second kappa shape index (κ2) is 7.09. The molecule has 0 fully saturated rings. The van der Waals surface area contributed by atoms with Gasteiger partial charge in [0.25, 0.3) is 0 Å². The zero-order valence-corrected chi connectivity index (χ0v) is 14.1. The Bertz CT molecular complexity index is 830. The van der Waals surface area contributed by atoms with E-state index >= 15 is 0 Å². The molecule has 0 amide bonds. The molecule has 2 aromatic rings. The molecule has 0 N–H and O–H groups in total. The molecule has 25 heavy (non-hydrogen) atoms. The predicted octanol–water partition coefficient (Wildman–Crippen LogP) is 3.06. The lowest BCUT2D eigenvalue weighted by atomic mass is 10.1. The first-order chi connectivity index (χ1) is 12.2. The molecule has 0 radical (unpaired) electrons. The summed E-state index contributed by atoms with van der Waals surface area (Å²) >= 11 is 0. The van der Waals surface area contributed by atoms with Gasteiger partial charge in [0.1, 0.15) is 17.2 Å². The Morgan fingerprint density at radius 3 is 2.16 bits per heavy atom. The van der Waals surface area contributed by atoms with Crippen molar-refractivity contribution >= 4 is 17.9 Å². The van der Waals surface area contributed by atoms with Gasteiger partial charge in [0, 0.05) is 17.7 Å². The Labute approximate surface area is 145 Å². The third kappa shape index (κ3) is 3.33. The minimum atomic E-state index is -0.529. The summed E-state index contributed by atoms with van der Waals surface area (Å²) in [5, 5.41) is 0. The third-order valence-electron chi connectivity index (χ3n) is 3.68. The molecule has 1 aliphatic rings. The summed E-state index contributed by atoms with van der Waals surface area (Å²) in [6, 6.07) is 12.6. The Morgan fingerprint density at radius 1 is 0.960 bits per heavy atom. The fourth-order valence-electron chi connectivity index (χ4n) is 2.42. The summed E-state index contributed by atoms with van der Waals surface area (Å²) in [7, 11) is 4.61. The van der Waals surface area contributed by atoms with Crippen molar-refractivity contribution in [3.8, 4) is 17.2 Å². The SMILES string of the molecule is COc1cc(OC)c(/C=C2/N=C(c3ccccc3)OC2=O)c(OC)c1. The summed E-state index contributed by atoms with van der Waals surface area (Å²) in [4.78, 5) is 16.5. The second-order valence-electron chi connectivity index (χ2n) is 5.15. The van der Waals surface area contributed by atoms with Crippen LogP contribution in [0.5, 0.6) is 17.2 Å². The molecule has 0 saturated carbocycles. The van der Waals surface area contributed by atoms with Crippen molar-refractivity contribution in [3.05, 3.63) is 59.3 Å². The Morgan fingerprint density at radius 2 is 1.60 bits per heavy atom. The van der Waals surface area contributed by atoms with Crippen molar-refractivity contribution in [2.45, 2.75) is 0 Å². The van der Waals surface area contributed by atoms with Crippen molar-refractivity contribution < 1.29 is 23.7 Å². The number of rotatable bonds is 5. The van der Waals surface area contributed by atoms with E-state index < -0.39 is 5.97 Å². The van der Waals surface area contributed by atoms with Gasteiger partial charge in [-0.2, -0.15) is 0 Å². The van der Waals surface area contributed by atoms with Crippen LogP contribution in [0.3, 0.4) is 0 Å². The quantitative estimate of drug-likeness (QED) is 0.619. The van der Waals surface area contributed by atoms with Gasteiger partial charge in [0.2, 0.25) is 5.90 Å². The molecule has 6 nitrogen and oxygen atoms in total. The minimum Gasteiger partial charge on any atom is -0.496 e. The number of ether oxygens (including phenoxy) is 4. The fraction of sp³-hybridized carbons (Fsp3) is 0.158. The fourth-order valence-corrected chi connectivity index (χ4v) is 2.42. The highest BCUT2D eigenvalue weighted by Crippen LogP contribution is 2.36. The third-order valence-corrected chi connectivity index (χ3v) is 3.68. The van der Waals surface area contributed by atoms with Crippen molar-refractivity contribution in [3.63, 3.8) is 0 Å². The Hall–Kier alpha value is -3.28. The maximum atomic E-state index is 12.2. The van der Waals surface area contributed by atoms with Gasteiger partial charge < -0.3 is 18.9 Å². The molecular formula is C19H17NO5. The van der Waals surface area contributed by atoms with E-state index in [4.69, 9.17) is 18.9 Å². The van der Waals surface area contributed by atoms with Crippen LogP contribution in [0, 0.1) is 0 Å². The maximum Gasteiger partial charge on any atom is 0.363 e. The van der Waals surface area contributed by atoms with Crippen LogP contribution in [0.25, 0.3) is 6.08 Å². The summed E-state index contributed by atoms with van der Waals surface area (Å²) in [6.45, 7) is 0.